The molecule has 4 aromatic rings. The second-order valence-corrected chi connectivity index (χ2v) is 18.3. The molecule has 0 N–H and O–H groups in total. The first kappa shape index (κ1) is 37.6. The molecule has 0 atom stereocenters. The Kier molecular flexibility index (Phi) is 17.7. The molecule has 254 valence electrons. The van der Waals surface area contributed by atoms with Gasteiger partial charge >= 0.3 is 0 Å². The van der Waals surface area contributed by atoms with Gasteiger partial charge in [0.05, 0.1) is 0 Å². The molecule has 4 aromatic heterocycles. The highest BCUT2D eigenvalue weighted by molar-refractivity contribution is 7.28. The van der Waals surface area contributed by atoms with Gasteiger partial charge in [-0.05, 0) is 87.1 Å². The Morgan fingerprint density at radius 2 is 0.826 bits per heavy atom. The van der Waals surface area contributed by atoms with E-state index in [1.54, 1.807) is 11.1 Å². The van der Waals surface area contributed by atoms with Crippen molar-refractivity contribution in [2.24, 2.45) is 0 Å². The number of thiophene rings is 4. The first-order chi connectivity index (χ1) is 22.6. The van der Waals surface area contributed by atoms with E-state index in [4.69, 9.17) is 0 Å². The van der Waals surface area contributed by atoms with Crippen molar-refractivity contribution in [2.45, 2.75) is 169 Å². The molecule has 0 saturated carbocycles. The molecule has 0 saturated heterocycles. The van der Waals surface area contributed by atoms with Crippen LogP contribution >= 0.6 is 45.3 Å². The highest BCUT2D eigenvalue weighted by atomic mass is 32.1. The highest BCUT2D eigenvalue weighted by Crippen LogP contribution is 2.46. The van der Waals surface area contributed by atoms with Crippen LogP contribution in [0.4, 0.5) is 0 Å². The molecule has 0 aromatic carbocycles. The zero-order valence-electron chi connectivity index (χ0n) is 29.7. The van der Waals surface area contributed by atoms with Crippen LogP contribution in [0.25, 0.3) is 29.3 Å². The average molecular weight is 695 g/mol. The Labute approximate surface area is 299 Å². The van der Waals surface area contributed by atoms with Gasteiger partial charge in [-0.3, -0.25) is 0 Å². The van der Waals surface area contributed by atoms with Gasteiger partial charge in [-0.1, -0.05) is 129 Å². The number of rotatable bonds is 25. The van der Waals surface area contributed by atoms with Crippen molar-refractivity contribution in [3.63, 3.8) is 0 Å². The molecule has 4 rings (SSSR count). The summed E-state index contributed by atoms with van der Waals surface area (Å²) in [6.45, 7) is 9.18. The molecule has 4 heteroatoms. The molecule has 0 aliphatic rings. The summed E-state index contributed by atoms with van der Waals surface area (Å²) in [5.41, 5.74) is 3.18. The molecule has 0 amide bonds. The van der Waals surface area contributed by atoms with E-state index in [9.17, 15) is 0 Å². The van der Waals surface area contributed by atoms with E-state index < -0.39 is 0 Å². The summed E-state index contributed by atoms with van der Waals surface area (Å²) in [4.78, 5) is 11.7. The molecular weight excluding hydrogens is 633 g/mol. The molecule has 0 radical (unpaired) electrons. The molecule has 0 aliphatic carbocycles. The van der Waals surface area contributed by atoms with Crippen LogP contribution in [0.5, 0.6) is 0 Å². The molecule has 4 heterocycles. The fraction of sp³-hybridized carbons (Fsp3) is 0.619. The first-order valence-electron chi connectivity index (χ1n) is 19.0. The lowest BCUT2D eigenvalue weighted by Crippen LogP contribution is -1.87. The summed E-state index contributed by atoms with van der Waals surface area (Å²) in [6.07, 6.45) is 30.5. The number of hydrogen-bond acceptors (Lipinski definition) is 4. The second kappa shape index (κ2) is 21.7. The molecule has 0 aliphatic heterocycles. The van der Waals surface area contributed by atoms with Crippen LogP contribution in [0.3, 0.4) is 0 Å². The fourth-order valence-corrected chi connectivity index (χ4v) is 11.1. The zero-order valence-corrected chi connectivity index (χ0v) is 32.9. The van der Waals surface area contributed by atoms with Gasteiger partial charge in [0, 0.05) is 39.0 Å². The van der Waals surface area contributed by atoms with Gasteiger partial charge in [0.25, 0.3) is 0 Å². The van der Waals surface area contributed by atoms with Gasteiger partial charge in [-0.15, -0.1) is 45.3 Å². The monoisotopic (exact) mass is 694 g/mol. The van der Waals surface area contributed by atoms with Gasteiger partial charge < -0.3 is 0 Å². The lowest BCUT2D eigenvalue weighted by Gasteiger charge is -2.04. The maximum atomic E-state index is 2.57. The third kappa shape index (κ3) is 12.7. The maximum Gasteiger partial charge on any atom is 0.0481 e. The molecule has 0 fully saturated rings. The summed E-state index contributed by atoms with van der Waals surface area (Å²) >= 11 is 7.99. The predicted molar refractivity (Wildman–Crippen MR) is 215 cm³/mol. The fourth-order valence-electron chi connectivity index (χ4n) is 6.60. The number of aryl methyl sites for hydroxylation is 4. The minimum absolute atomic E-state index is 1.21. The van der Waals surface area contributed by atoms with Gasteiger partial charge in [-0.2, -0.15) is 0 Å². The third-order valence-corrected chi connectivity index (χ3v) is 14.4. The molecule has 46 heavy (non-hydrogen) atoms. The quantitative estimate of drug-likeness (QED) is 0.0606. The van der Waals surface area contributed by atoms with Gasteiger partial charge in [0.1, 0.15) is 0 Å². The Bertz CT molecular complexity index is 1360. The van der Waals surface area contributed by atoms with Crippen LogP contribution in [0.15, 0.2) is 36.4 Å². The molecule has 0 bridgehead atoms. The Hall–Kier alpha value is -1.20. The van der Waals surface area contributed by atoms with Gasteiger partial charge in [0.2, 0.25) is 0 Å². The van der Waals surface area contributed by atoms with E-state index in [0.717, 1.165) is 0 Å². The van der Waals surface area contributed by atoms with Crippen molar-refractivity contribution < 1.29 is 0 Å². The lowest BCUT2D eigenvalue weighted by molar-refractivity contribution is 0.556. The topological polar surface area (TPSA) is 0 Å². The zero-order chi connectivity index (χ0) is 32.4. The SMILES string of the molecule is CCCCCCCCCCCCc1cc(-c2cc(CCCCCCCCCCCC)c(-c3ccc(-c4ccc(C)s4)s3)s2)sc1C. The molecular formula is C42H62S4. The van der Waals surface area contributed by atoms with Crippen LogP contribution in [0.2, 0.25) is 0 Å². The highest BCUT2D eigenvalue weighted by Gasteiger charge is 2.17. The van der Waals surface area contributed by atoms with E-state index in [1.807, 2.05) is 34.0 Å². The van der Waals surface area contributed by atoms with Gasteiger partial charge in [0.15, 0.2) is 0 Å². The standard InChI is InChI=1S/C42H62S4/c1-5-7-9-11-13-15-17-19-21-23-25-35-31-40(44-34(35)4)41-32-36(26-24-22-20-18-16-14-12-10-8-6-2)42(46-41)39-30-29-38(45-39)37-28-27-33(3)43-37/h27-32H,5-26H2,1-4H3. The molecule has 0 unspecified atom stereocenters. The lowest BCUT2D eigenvalue weighted by atomic mass is 10.0. The van der Waals surface area contributed by atoms with E-state index >= 15 is 0 Å². The summed E-state index contributed by atoms with van der Waals surface area (Å²) in [6, 6.07) is 14.4. The van der Waals surface area contributed by atoms with Crippen LogP contribution in [0.1, 0.15) is 163 Å². The van der Waals surface area contributed by atoms with Crippen molar-refractivity contribution in [1.82, 2.24) is 0 Å². The van der Waals surface area contributed by atoms with Crippen molar-refractivity contribution in [2.75, 3.05) is 0 Å². The second-order valence-electron chi connectivity index (χ2n) is 13.6. The number of hydrogen-bond donors (Lipinski definition) is 0. The first-order valence-corrected chi connectivity index (χ1v) is 22.2. The van der Waals surface area contributed by atoms with Crippen molar-refractivity contribution in [3.8, 4) is 29.3 Å². The predicted octanol–water partition coefficient (Wildman–Crippen LogP) is 16.5. The van der Waals surface area contributed by atoms with E-state index in [0.29, 0.717) is 0 Å². The summed E-state index contributed by atoms with van der Waals surface area (Å²) in [7, 11) is 0. The van der Waals surface area contributed by atoms with E-state index in [-0.39, 0.29) is 0 Å². The molecule has 0 spiro atoms. The van der Waals surface area contributed by atoms with Crippen molar-refractivity contribution in [1.29, 1.82) is 0 Å². The van der Waals surface area contributed by atoms with Crippen LogP contribution < -0.4 is 0 Å². The van der Waals surface area contributed by atoms with Crippen LogP contribution in [-0.4, -0.2) is 0 Å². The number of unbranched alkanes of at least 4 members (excludes halogenated alkanes) is 18. The molecule has 0 nitrogen and oxygen atoms in total. The minimum Gasteiger partial charge on any atom is -0.140 e. The largest absolute Gasteiger partial charge is 0.140 e. The van der Waals surface area contributed by atoms with E-state index in [2.05, 4.69) is 75.4 Å². The minimum atomic E-state index is 1.21. The smallest absolute Gasteiger partial charge is 0.0481 e. The Morgan fingerprint density at radius 1 is 0.391 bits per heavy atom. The Morgan fingerprint density at radius 3 is 1.37 bits per heavy atom. The summed E-state index contributed by atoms with van der Waals surface area (Å²) < 4.78 is 0. The van der Waals surface area contributed by atoms with E-state index in [1.165, 1.54) is 180 Å². The van der Waals surface area contributed by atoms with Crippen LogP contribution in [-0.2, 0) is 12.8 Å². The third-order valence-electron chi connectivity index (χ3n) is 9.48. The summed E-state index contributed by atoms with van der Waals surface area (Å²) in [5, 5.41) is 0. The normalized spacial score (nSPS) is 11.7. The Balaban J connectivity index is 1.33. The maximum absolute atomic E-state index is 2.57. The summed E-state index contributed by atoms with van der Waals surface area (Å²) in [5.74, 6) is 0. The van der Waals surface area contributed by atoms with Crippen molar-refractivity contribution >= 4 is 45.3 Å². The van der Waals surface area contributed by atoms with Crippen molar-refractivity contribution in [3.05, 3.63) is 57.3 Å². The van der Waals surface area contributed by atoms with Gasteiger partial charge in [-0.25, -0.2) is 0 Å². The van der Waals surface area contributed by atoms with Crippen LogP contribution in [0, 0.1) is 13.8 Å². The average Bonchev–Trinajstić information content (AvgIpc) is 3.86.